The van der Waals surface area contributed by atoms with Crippen LogP contribution in [0.2, 0.25) is 0 Å². The minimum absolute atomic E-state index is 0.298. The second-order valence-electron chi connectivity index (χ2n) is 6.09. The van der Waals surface area contributed by atoms with Crippen LogP contribution < -0.4 is 5.32 Å². The lowest BCUT2D eigenvalue weighted by atomic mass is 10.1. The van der Waals surface area contributed by atoms with Gasteiger partial charge in [0.2, 0.25) is 5.91 Å². The van der Waals surface area contributed by atoms with Crippen molar-refractivity contribution in [2.45, 2.75) is 45.1 Å². The zero-order valence-corrected chi connectivity index (χ0v) is 13.1. The number of nitrogens with zero attached hydrogens (tertiary/aromatic N) is 3. The fourth-order valence-electron chi connectivity index (χ4n) is 3.16. The van der Waals surface area contributed by atoms with Crippen LogP contribution in [0, 0.1) is 5.92 Å². The molecule has 1 aliphatic carbocycles. The van der Waals surface area contributed by atoms with E-state index in [2.05, 4.69) is 10.3 Å². The van der Waals surface area contributed by atoms with Crippen molar-refractivity contribution in [1.82, 2.24) is 15.1 Å². The summed E-state index contributed by atoms with van der Waals surface area (Å²) in [5.41, 5.74) is 0. The normalized spacial score (nSPS) is 24.2. The first-order valence-corrected chi connectivity index (χ1v) is 7.89. The molecule has 2 aliphatic rings. The van der Waals surface area contributed by atoms with Crippen LogP contribution in [0.3, 0.4) is 0 Å². The second-order valence-corrected chi connectivity index (χ2v) is 6.09. The highest BCUT2D eigenvalue weighted by molar-refractivity contribution is 5.81. The standard InChI is InChI=1S/C15H28N4O/c1-4-16-15(18(2)3)17-13-9-10-19(11-13)14(20)12-7-5-6-8-12/h12-13H,4-11H2,1-3H3,(H,16,17). The van der Waals surface area contributed by atoms with Gasteiger partial charge in [0.15, 0.2) is 5.96 Å². The lowest BCUT2D eigenvalue weighted by Gasteiger charge is -2.23. The zero-order valence-electron chi connectivity index (χ0n) is 13.1. The molecule has 20 heavy (non-hydrogen) atoms. The number of hydrogen-bond acceptors (Lipinski definition) is 2. The van der Waals surface area contributed by atoms with Crippen LogP contribution in [0.1, 0.15) is 39.0 Å². The molecular weight excluding hydrogens is 252 g/mol. The predicted molar refractivity (Wildman–Crippen MR) is 81.7 cm³/mol. The lowest BCUT2D eigenvalue weighted by molar-refractivity contribution is -0.134. The molecule has 114 valence electrons. The van der Waals surface area contributed by atoms with E-state index < -0.39 is 0 Å². The molecule has 0 aromatic rings. The summed E-state index contributed by atoms with van der Waals surface area (Å²) in [7, 11) is 4.00. The van der Waals surface area contributed by atoms with Crippen LogP contribution in [-0.2, 0) is 4.79 Å². The highest BCUT2D eigenvalue weighted by atomic mass is 16.2. The maximum absolute atomic E-state index is 12.4. The first-order valence-electron chi connectivity index (χ1n) is 7.89. The third kappa shape index (κ3) is 3.64. The van der Waals surface area contributed by atoms with Crippen molar-refractivity contribution in [2.75, 3.05) is 33.7 Å². The van der Waals surface area contributed by atoms with E-state index in [0.29, 0.717) is 17.9 Å². The fraction of sp³-hybridized carbons (Fsp3) is 0.867. The average molecular weight is 280 g/mol. The number of aliphatic imine (C=N–C) groups is 1. The van der Waals surface area contributed by atoms with Crippen molar-refractivity contribution in [3.05, 3.63) is 0 Å². The first kappa shape index (κ1) is 15.1. The van der Waals surface area contributed by atoms with Gasteiger partial charge in [-0.15, -0.1) is 0 Å². The molecular formula is C15H28N4O. The second kappa shape index (κ2) is 6.95. The molecule has 1 atom stereocenters. The lowest BCUT2D eigenvalue weighted by Crippen LogP contribution is -2.45. The minimum Gasteiger partial charge on any atom is -0.352 e. The maximum atomic E-state index is 12.4. The SMILES string of the molecule is CCN=C(NC1CCN(C(=O)C2CCCC2)C1)N(C)C. The molecule has 0 spiro atoms. The summed E-state index contributed by atoms with van der Waals surface area (Å²) in [6.45, 7) is 4.53. The predicted octanol–water partition coefficient (Wildman–Crippen LogP) is 1.30. The Morgan fingerprint density at radius 1 is 1.30 bits per heavy atom. The quantitative estimate of drug-likeness (QED) is 0.626. The summed E-state index contributed by atoms with van der Waals surface area (Å²) >= 11 is 0. The Balaban J connectivity index is 1.85. The molecule has 1 heterocycles. The first-order chi connectivity index (χ1) is 9.61. The molecule has 1 amide bonds. The number of nitrogens with one attached hydrogen (secondary N) is 1. The van der Waals surface area contributed by atoms with Crippen LogP contribution in [0.5, 0.6) is 0 Å². The summed E-state index contributed by atoms with van der Waals surface area (Å²) in [4.78, 5) is 20.9. The van der Waals surface area contributed by atoms with E-state index in [0.717, 1.165) is 44.9 Å². The summed E-state index contributed by atoms with van der Waals surface area (Å²) in [5.74, 6) is 1.60. The topological polar surface area (TPSA) is 47.9 Å². The van der Waals surface area contributed by atoms with Gasteiger partial charge < -0.3 is 15.1 Å². The molecule has 1 saturated heterocycles. The Morgan fingerprint density at radius 3 is 2.60 bits per heavy atom. The molecule has 1 aliphatic heterocycles. The van der Waals surface area contributed by atoms with E-state index in [4.69, 9.17) is 0 Å². The van der Waals surface area contributed by atoms with E-state index in [1.807, 2.05) is 30.8 Å². The number of likely N-dealkylation sites (tertiary alicyclic amines) is 1. The zero-order chi connectivity index (χ0) is 14.5. The highest BCUT2D eigenvalue weighted by Crippen LogP contribution is 2.27. The van der Waals surface area contributed by atoms with Crippen molar-refractivity contribution >= 4 is 11.9 Å². The van der Waals surface area contributed by atoms with Crippen LogP contribution in [0.4, 0.5) is 0 Å². The number of carbonyl (C=O) groups is 1. The van der Waals surface area contributed by atoms with Crippen molar-refractivity contribution in [3.8, 4) is 0 Å². The monoisotopic (exact) mass is 280 g/mol. The number of guanidine groups is 1. The molecule has 0 aromatic carbocycles. The Morgan fingerprint density at radius 2 is 2.00 bits per heavy atom. The van der Waals surface area contributed by atoms with Gasteiger partial charge in [-0.05, 0) is 26.2 Å². The summed E-state index contributed by atoms with van der Waals surface area (Å²) in [6, 6.07) is 0.341. The average Bonchev–Trinajstić information content (AvgIpc) is 3.09. The van der Waals surface area contributed by atoms with Gasteiger partial charge in [-0.2, -0.15) is 0 Å². The molecule has 0 radical (unpaired) electrons. The van der Waals surface area contributed by atoms with Crippen LogP contribution in [-0.4, -0.2) is 61.4 Å². The Hall–Kier alpha value is -1.26. The van der Waals surface area contributed by atoms with Crippen LogP contribution in [0.25, 0.3) is 0 Å². The summed E-state index contributed by atoms with van der Waals surface area (Å²) in [5, 5.41) is 3.47. The maximum Gasteiger partial charge on any atom is 0.225 e. The van der Waals surface area contributed by atoms with Gasteiger partial charge in [-0.3, -0.25) is 9.79 Å². The Labute approximate surface area is 122 Å². The van der Waals surface area contributed by atoms with Gasteiger partial charge in [0.05, 0.1) is 0 Å². The molecule has 2 fully saturated rings. The van der Waals surface area contributed by atoms with Crippen molar-refractivity contribution in [3.63, 3.8) is 0 Å². The molecule has 1 unspecified atom stereocenters. The molecule has 1 saturated carbocycles. The number of amides is 1. The van der Waals surface area contributed by atoms with Gasteiger partial charge in [0, 0.05) is 45.7 Å². The number of carbonyl (C=O) groups excluding carboxylic acids is 1. The van der Waals surface area contributed by atoms with E-state index in [1.165, 1.54) is 12.8 Å². The minimum atomic E-state index is 0.298. The summed E-state index contributed by atoms with van der Waals surface area (Å²) in [6.07, 6.45) is 5.65. The molecule has 1 N–H and O–H groups in total. The van der Waals surface area contributed by atoms with E-state index in [-0.39, 0.29) is 0 Å². The third-order valence-electron chi connectivity index (χ3n) is 4.27. The van der Waals surface area contributed by atoms with Gasteiger partial charge >= 0.3 is 0 Å². The van der Waals surface area contributed by atoms with Crippen molar-refractivity contribution < 1.29 is 4.79 Å². The molecule has 0 aromatic heterocycles. The van der Waals surface area contributed by atoms with Crippen molar-refractivity contribution in [1.29, 1.82) is 0 Å². The van der Waals surface area contributed by atoms with Gasteiger partial charge in [0.1, 0.15) is 0 Å². The fourth-order valence-corrected chi connectivity index (χ4v) is 3.16. The Kier molecular flexibility index (Phi) is 5.26. The molecule has 5 heteroatoms. The molecule has 0 bridgehead atoms. The van der Waals surface area contributed by atoms with Crippen LogP contribution in [0.15, 0.2) is 4.99 Å². The van der Waals surface area contributed by atoms with Crippen molar-refractivity contribution in [2.24, 2.45) is 10.9 Å². The largest absolute Gasteiger partial charge is 0.352 e. The van der Waals surface area contributed by atoms with Gasteiger partial charge in [-0.25, -0.2) is 0 Å². The van der Waals surface area contributed by atoms with E-state index >= 15 is 0 Å². The molecule has 2 rings (SSSR count). The number of hydrogen-bond donors (Lipinski definition) is 1. The molecule has 5 nitrogen and oxygen atoms in total. The van der Waals surface area contributed by atoms with Gasteiger partial charge in [0.25, 0.3) is 0 Å². The van der Waals surface area contributed by atoms with Gasteiger partial charge in [-0.1, -0.05) is 12.8 Å². The smallest absolute Gasteiger partial charge is 0.225 e. The number of rotatable bonds is 3. The summed E-state index contributed by atoms with van der Waals surface area (Å²) < 4.78 is 0. The van der Waals surface area contributed by atoms with E-state index in [9.17, 15) is 4.79 Å². The highest BCUT2D eigenvalue weighted by Gasteiger charge is 2.32. The third-order valence-corrected chi connectivity index (χ3v) is 4.27. The van der Waals surface area contributed by atoms with Crippen LogP contribution >= 0.6 is 0 Å². The van der Waals surface area contributed by atoms with E-state index in [1.54, 1.807) is 0 Å². The Bertz CT molecular complexity index is 361.